The Balaban J connectivity index is 2.25. The zero-order valence-corrected chi connectivity index (χ0v) is 14.0. The summed E-state index contributed by atoms with van der Waals surface area (Å²) in [4.78, 5) is 15.8. The molecule has 0 atom stereocenters. The number of nitrogens with one attached hydrogen (secondary N) is 1. The van der Waals surface area contributed by atoms with Crippen LogP contribution in [0.1, 0.15) is 12.5 Å². The summed E-state index contributed by atoms with van der Waals surface area (Å²) in [6.07, 6.45) is -1.68. The lowest BCUT2D eigenvalue weighted by Crippen LogP contribution is -2.47. The molecule has 1 aromatic rings. The number of aliphatic hydroxyl groups is 1. The van der Waals surface area contributed by atoms with Crippen molar-refractivity contribution >= 4 is 17.3 Å². The molecule has 2 N–H and O–H groups in total. The molecule has 1 fully saturated rings. The molecule has 1 heterocycles. The lowest BCUT2D eigenvalue weighted by atomic mass is 10.1. The Morgan fingerprint density at radius 3 is 2.52 bits per heavy atom. The maximum Gasteiger partial charge on any atom is 0.416 e. The van der Waals surface area contributed by atoms with Gasteiger partial charge < -0.3 is 15.3 Å². The fourth-order valence-electron chi connectivity index (χ4n) is 2.77. The molecule has 0 aromatic heterocycles. The zero-order valence-electron chi connectivity index (χ0n) is 14.0. The minimum absolute atomic E-state index is 0.0743. The summed E-state index contributed by atoms with van der Waals surface area (Å²) in [5.41, 5.74) is -0.0889. The van der Waals surface area contributed by atoms with Gasteiger partial charge in [0.2, 0.25) is 5.91 Å². The van der Waals surface area contributed by atoms with Gasteiger partial charge in [0.25, 0.3) is 0 Å². The first-order valence-electron chi connectivity index (χ1n) is 8.08. The van der Waals surface area contributed by atoms with E-state index in [4.69, 9.17) is 5.11 Å². The second kappa shape index (κ2) is 8.35. The summed E-state index contributed by atoms with van der Waals surface area (Å²) >= 11 is 0. The maximum atomic E-state index is 13.0. The van der Waals surface area contributed by atoms with Gasteiger partial charge in [0.15, 0.2) is 0 Å². The van der Waals surface area contributed by atoms with Crippen molar-refractivity contribution in [3.05, 3.63) is 35.9 Å². The molecular formula is C17H22F3N3O2. The van der Waals surface area contributed by atoms with Gasteiger partial charge in [-0.05, 0) is 31.2 Å². The van der Waals surface area contributed by atoms with Crippen LogP contribution in [0.5, 0.6) is 0 Å². The van der Waals surface area contributed by atoms with E-state index >= 15 is 0 Å². The van der Waals surface area contributed by atoms with Crippen molar-refractivity contribution in [3.8, 4) is 0 Å². The van der Waals surface area contributed by atoms with Crippen LogP contribution >= 0.6 is 0 Å². The van der Waals surface area contributed by atoms with Gasteiger partial charge in [-0.2, -0.15) is 13.2 Å². The van der Waals surface area contributed by atoms with Crippen LogP contribution in [0.2, 0.25) is 0 Å². The van der Waals surface area contributed by atoms with Crippen LogP contribution in [0, 0.1) is 0 Å². The van der Waals surface area contributed by atoms with Gasteiger partial charge in [-0.15, -0.1) is 0 Å². The number of rotatable bonds is 5. The first-order valence-corrected chi connectivity index (χ1v) is 8.08. The normalized spacial score (nSPS) is 16.4. The molecule has 25 heavy (non-hydrogen) atoms. The van der Waals surface area contributed by atoms with Gasteiger partial charge in [-0.1, -0.05) is 6.08 Å². The third-order valence-electron chi connectivity index (χ3n) is 4.03. The topological polar surface area (TPSA) is 55.8 Å². The van der Waals surface area contributed by atoms with E-state index in [9.17, 15) is 18.0 Å². The molecule has 2 rings (SSSR count). The number of benzene rings is 1. The van der Waals surface area contributed by atoms with Crippen LogP contribution in [0.3, 0.4) is 0 Å². The summed E-state index contributed by atoms with van der Waals surface area (Å²) < 4.78 is 39.0. The number of β-amino-alcohol motifs (C(OH)–C–C–N with tert-alkyl or cyclic N) is 1. The fraction of sp³-hybridized carbons (Fsp3) is 0.471. The standard InChI is InChI=1S/C17H22F3N3O2/c1-2-3-16(25)21-14-12-13(17(18,19)20)4-5-15(14)23-8-6-22(7-9-23)10-11-24/h2-5,12,24H,6-11H2,1H3,(H,21,25)/b3-2+. The minimum Gasteiger partial charge on any atom is -0.395 e. The van der Waals surface area contributed by atoms with Crippen molar-refractivity contribution in [2.75, 3.05) is 49.5 Å². The molecule has 0 saturated carbocycles. The van der Waals surface area contributed by atoms with E-state index in [0.29, 0.717) is 38.4 Å². The average molecular weight is 357 g/mol. The van der Waals surface area contributed by atoms with E-state index in [1.54, 1.807) is 6.92 Å². The van der Waals surface area contributed by atoms with E-state index in [-0.39, 0.29) is 12.3 Å². The predicted molar refractivity (Wildman–Crippen MR) is 90.6 cm³/mol. The summed E-state index contributed by atoms with van der Waals surface area (Å²) in [5.74, 6) is -0.470. The molecule has 1 aliphatic rings. The summed E-state index contributed by atoms with van der Waals surface area (Å²) in [5, 5.41) is 11.5. The van der Waals surface area contributed by atoms with Crippen LogP contribution in [0.25, 0.3) is 0 Å². The molecule has 0 spiro atoms. The number of carbonyl (C=O) groups is 1. The third-order valence-corrected chi connectivity index (χ3v) is 4.03. The SMILES string of the molecule is C/C=C/C(=O)Nc1cc(C(F)(F)F)ccc1N1CCN(CCO)CC1. The Morgan fingerprint density at radius 1 is 1.28 bits per heavy atom. The molecular weight excluding hydrogens is 335 g/mol. The quantitative estimate of drug-likeness (QED) is 0.795. The van der Waals surface area contributed by atoms with E-state index in [1.807, 2.05) is 4.90 Å². The number of halogens is 3. The lowest BCUT2D eigenvalue weighted by Gasteiger charge is -2.36. The van der Waals surface area contributed by atoms with Gasteiger partial charge in [0.1, 0.15) is 0 Å². The molecule has 5 nitrogen and oxygen atoms in total. The van der Waals surface area contributed by atoms with Crippen LogP contribution in [-0.4, -0.2) is 55.2 Å². The van der Waals surface area contributed by atoms with Gasteiger partial charge >= 0.3 is 6.18 Å². The van der Waals surface area contributed by atoms with E-state index in [0.717, 1.165) is 12.1 Å². The highest BCUT2D eigenvalue weighted by Crippen LogP contribution is 2.35. The maximum absolute atomic E-state index is 13.0. The highest BCUT2D eigenvalue weighted by Gasteiger charge is 2.32. The zero-order chi connectivity index (χ0) is 18.4. The van der Waals surface area contributed by atoms with Crippen molar-refractivity contribution in [1.29, 1.82) is 0 Å². The number of piperazine rings is 1. The summed E-state index contributed by atoms with van der Waals surface area (Å²) in [6.45, 7) is 4.92. The molecule has 1 amide bonds. The second-order valence-electron chi connectivity index (χ2n) is 5.77. The second-order valence-corrected chi connectivity index (χ2v) is 5.77. The number of amides is 1. The Labute approximate surface area is 144 Å². The van der Waals surface area contributed by atoms with Gasteiger partial charge in [0.05, 0.1) is 23.5 Å². The number of nitrogens with zero attached hydrogens (tertiary/aromatic N) is 2. The smallest absolute Gasteiger partial charge is 0.395 e. The number of alkyl halides is 3. The van der Waals surface area contributed by atoms with E-state index in [2.05, 4.69) is 10.2 Å². The predicted octanol–water partition coefficient (Wildman–Crippen LogP) is 2.33. The average Bonchev–Trinajstić information content (AvgIpc) is 2.55. The highest BCUT2D eigenvalue weighted by atomic mass is 19.4. The molecule has 8 heteroatoms. The Bertz CT molecular complexity index is 624. The van der Waals surface area contributed by atoms with Crippen molar-refractivity contribution in [1.82, 2.24) is 4.90 Å². The van der Waals surface area contributed by atoms with E-state index < -0.39 is 17.6 Å². The molecule has 138 valence electrons. The number of carbonyl (C=O) groups excluding carboxylic acids is 1. The van der Waals surface area contributed by atoms with Gasteiger partial charge in [-0.25, -0.2) is 0 Å². The number of allylic oxidation sites excluding steroid dienone is 1. The molecule has 0 aliphatic carbocycles. The van der Waals surface area contributed by atoms with Crippen molar-refractivity contribution in [3.63, 3.8) is 0 Å². The Morgan fingerprint density at radius 2 is 1.96 bits per heavy atom. The molecule has 1 aromatic carbocycles. The van der Waals surface area contributed by atoms with Crippen LogP contribution in [-0.2, 0) is 11.0 Å². The number of aliphatic hydroxyl groups excluding tert-OH is 1. The van der Waals surface area contributed by atoms with Gasteiger partial charge in [0, 0.05) is 32.7 Å². The molecule has 0 unspecified atom stereocenters. The minimum atomic E-state index is -4.47. The first kappa shape index (κ1) is 19.3. The summed E-state index contributed by atoms with van der Waals surface area (Å²) in [7, 11) is 0. The summed E-state index contributed by atoms with van der Waals surface area (Å²) in [6, 6.07) is 3.40. The van der Waals surface area contributed by atoms with Crippen molar-refractivity contribution in [2.24, 2.45) is 0 Å². The van der Waals surface area contributed by atoms with Crippen LogP contribution in [0.4, 0.5) is 24.5 Å². The molecule has 0 radical (unpaired) electrons. The first-order chi connectivity index (χ1) is 11.8. The van der Waals surface area contributed by atoms with E-state index in [1.165, 1.54) is 18.2 Å². The monoisotopic (exact) mass is 357 g/mol. The number of hydrogen-bond acceptors (Lipinski definition) is 4. The Kier molecular flexibility index (Phi) is 6.44. The molecule has 0 bridgehead atoms. The van der Waals surface area contributed by atoms with Crippen LogP contribution in [0.15, 0.2) is 30.4 Å². The lowest BCUT2D eigenvalue weighted by molar-refractivity contribution is -0.137. The highest BCUT2D eigenvalue weighted by molar-refractivity contribution is 6.01. The van der Waals surface area contributed by atoms with Crippen molar-refractivity contribution in [2.45, 2.75) is 13.1 Å². The Hall–Kier alpha value is -2.06. The third kappa shape index (κ3) is 5.20. The number of hydrogen-bond donors (Lipinski definition) is 2. The molecule has 1 aliphatic heterocycles. The fourth-order valence-corrected chi connectivity index (χ4v) is 2.77. The van der Waals surface area contributed by atoms with Gasteiger partial charge in [-0.3, -0.25) is 9.69 Å². The van der Waals surface area contributed by atoms with Crippen molar-refractivity contribution < 1.29 is 23.1 Å². The largest absolute Gasteiger partial charge is 0.416 e. The van der Waals surface area contributed by atoms with Crippen LogP contribution < -0.4 is 10.2 Å². The molecule has 1 saturated heterocycles. The number of anilines is 2.